The van der Waals surface area contributed by atoms with Crippen molar-refractivity contribution in [2.75, 3.05) is 0 Å². The third kappa shape index (κ3) is 4.33. The van der Waals surface area contributed by atoms with Gasteiger partial charge in [0, 0.05) is 16.5 Å². The summed E-state index contributed by atoms with van der Waals surface area (Å²) in [5.41, 5.74) is 2.83. The van der Waals surface area contributed by atoms with Gasteiger partial charge in [-0.25, -0.2) is 0 Å². The molecule has 1 aromatic carbocycles. The van der Waals surface area contributed by atoms with Crippen LogP contribution in [0.4, 0.5) is 0 Å². The summed E-state index contributed by atoms with van der Waals surface area (Å²) < 4.78 is 0. The zero-order valence-electron chi connectivity index (χ0n) is 12.0. The van der Waals surface area contributed by atoms with Crippen LogP contribution in [0.5, 0.6) is 0 Å². The molecule has 0 saturated carbocycles. The Kier molecular flexibility index (Phi) is 4.13. The first-order valence-electron chi connectivity index (χ1n) is 6.30. The van der Waals surface area contributed by atoms with Crippen LogP contribution in [0.3, 0.4) is 0 Å². The Hall–Kier alpha value is -1.11. The Labute approximate surface area is 106 Å². The van der Waals surface area contributed by atoms with E-state index in [9.17, 15) is 0 Å². The second kappa shape index (κ2) is 5.03. The molecule has 1 heteroatoms. The molecule has 1 aromatic rings. The molecule has 0 radical (unpaired) electrons. The van der Waals surface area contributed by atoms with Crippen molar-refractivity contribution in [3.63, 3.8) is 0 Å². The lowest BCUT2D eigenvalue weighted by Crippen LogP contribution is -2.33. The van der Waals surface area contributed by atoms with Gasteiger partial charge in [-0.2, -0.15) is 0 Å². The summed E-state index contributed by atoms with van der Waals surface area (Å²) in [6.45, 7) is 14.2. The van der Waals surface area contributed by atoms with Gasteiger partial charge < -0.3 is 0 Å². The Morgan fingerprint density at radius 2 is 1.35 bits per heavy atom. The Bertz CT molecular complexity index is 358. The van der Waals surface area contributed by atoms with E-state index < -0.39 is 0 Å². The van der Waals surface area contributed by atoms with Gasteiger partial charge in [-0.15, -0.1) is 0 Å². The van der Waals surface area contributed by atoms with Crippen LogP contribution in [0.1, 0.15) is 47.1 Å². The fourth-order valence-electron chi connectivity index (χ4n) is 2.35. The maximum atomic E-state index is 4.85. The summed E-state index contributed by atoms with van der Waals surface area (Å²) in [5, 5.41) is 0. The molecule has 0 aliphatic rings. The van der Waals surface area contributed by atoms with Crippen LogP contribution < -0.4 is 0 Å². The van der Waals surface area contributed by atoms with E-state index in [2.05, 4.69) is 65.8 Å². The zero-order valence-corrected chi connectivity index (χ0v) is 12.0. The Morgan fingerprint density at radius 3 is 1.76 bits per heavy atom. The number of nitrogens with zero attached hydrogens (tertiary/aromatic N) is 1. The summed E-state index contributed by atoms with van der Waals surface area (Å²) in [6.07, 6.45) is 0. The van der Waals surface area contributed by atoms with Gasteiger partial charge >= 0.3 is 0 Å². The van der Waals surface area contributed by atoms with Gasteiger partial charge in [0.05, 0.1) is 6.54 Å². The second-order valence-electron chi connectivity index (χ2n) is 6.65. The van der Waals surface area contributed by atoms with Crippen molar-refractivity contribution in [2.45, 2.75) is 48.1 Å². The topological polar surface area (TPSA) is 12.4 Å². The smallest absolute Gasteiger partial charge is 0.0639 e. The second-order valence-corrected chi connectivity index (χ2v) is 6.65. The number of benzene rings is 1. The summed E-state index contributed by atoms with van der Waals surface area (Å²) in [7, 11) is 0. The van der Waals surface area contributed by atoms with Gasteiger partial charge in [0.15, 0.2) is 0 Å². The molecule has 0 aromatic heterocycles. The molecule has 0 aliphatic heterocycles. The summed E-state index contributed by atoms with van der Waals surface area (Å²) in [4.78, 5) is 4.85. The lowest BCUT2D eigenvalue weighted by molar-refractivity contribution is 0.475. The molecule has 0 saturated heterocycles. The molecule has 0 heterocycles. The predicted octanol–water partition coefficient (Wildman–Crippen LogP) is 4.72. The standard InChI is InChI=1S/C16H25N/c1-15(2,3)14(16(4,5)6)17-12-13-10-8-7-9-11-13/h7-11H,12H2,1-6H3. The molecule has 1 nitrogen and oxygen atoms in total. The van der Waals surface area contributed by atoms with Crippen molar-refractivity contribution >= 4 is 5.71 Å². The van der Waals surface area contributed by atoms with E-state index in [1.807, 2.05) is 6.07 Å². The number of aliphatic imine (C=N–C) groups is 1. The molecular weight excluding hydrogens is 206 g/mol. The average Bonchev–Trinajstić information content (AvgIpc) is 2.15. The van der Waals surface area contributed by atoms with Gasteiger partial charge in [-0.1, -0.05) is 71.9 Å². The highest BCUT2D eigenvalue weighted by molar-refractivity contribution is 5.93. The largest absolute Gasteiger partial charge is 0.288 e. The molecule has 1 rings (SSSR count). The molecule has 0 amide bonds. The number of hydrogen-bond acceptors (Lipinski definition) is 1. The minimum atomic E-state index is 0.132. The molecular formula is C16H25N. The van der Waals surface area contributed by atoms with Crippen LogP contribution in [-0.4, -0.2) is 5.71 Å². The molecule has 0 aliphatic carbocycles. The predicted molar refractivity (Wildman–Crippen MR) is 76.5 cm³/mol. The molecule has 17 heavy (non-hydrogen) atoms. The van der Waals surface area contributed by atoms with Crippen LogP contribution in [-0.2, 0) is 6.54 Å². The van der Waals surface area contributed by atoms with Crippen LogP contribution in [0.15, 0.2) is 35.3 Å². The van der Waals surface area contributed by atoms with Crippen molar-refractivity contribution < 1.29 is 0 Å². The van der Waals surface area contributed by atoms with Crippen molar-refractivity contribution in [1.29, 1.82) is 0 Å². The van der Waals surface area contributed by atoms with Crippen LogP contribution in [0.2, 0.25) is 0 Å². The van der Waals surface area contributed by atoms with E-state index in [4.69, 9.17) is 4.99 Å². The first-order chi connectivity index (χ1) is 7.71. The normalized spacial score (nSPS) is 12.4. The quantitative estimate of drug-likeness (QED) is 0.653. The first-order valence-corrected chi connectivity index (χ1v) is 6.30. The van der Waals surface area contributed by atoms with E-state index in [0.717, 1.165) is 6.54 Å². The van der Waals surface area contributed by atoms with E-state index in [1.165, 1.54) is 11.3 Å². The highest BCUT2D eigenvalue weighted by atomic mass is 14.8. The van der Waals surface area contributed by atoms with E-state index in [1.54, 1.807) is 0 Å². The van der Waals surface area contributed by atoms with Gasteiger partial charge in [0.1, 0.15) is 0 Å². The van der Waals surface area contributed by atoms with Crippen molar-refractivity contribution in [1.82, 2.24) is 0 Å². The molecule has 0 atom stereocenters. The van der Waals surface area contributed by atoms with E-state index in [0.29, 0.717) is 0 Å². The first kappa shape index (κ1) is 14.0. The fraction of sp³-hybridized carbons (Fsp3) is 0.562. The molecule has 0 unspecified atom stereocenters. The van der Waals surface area contributed by atoms with Crippen molar-refractivity contribution in [3.8, 4) is 0 Å². The Morgan fingerprint density at radius 1 is 0.882 bits per heavy atom. The molecule has 0 N–H and O–H groups in total. The number of hydrogen-bond donors (Lipinski definition) is 0. The van der Waals surface area contributed by atoms with Gasteiger partial charge in [0.2, 0.25) is 0 Å². The van der Waals surface area contributed by atoms with Gasteiger partial charge in [-0.3, -0.25) is 4.99 Å². The highest BCUT2D eigenvalue weighted by Crippen LogP contribution is 2.30. The SMILES string of the molecule is CC(C)(C)C(=NCc1ccccc1)C(C)(C)C. The van der Waals surface area contributed by atoms with Crippen molar-refractivity contribution in [2.24, 2.45) is 15.8 Å². The lowest BCUT2D eigenvalue weighted by atomic mass is 9.75. The van der Waals surface area contributed by atoms with Gasteiger partial charge in [0.25, 0.3) is 0 Å². The van der Waals surface area contributed by atoms with Crippen LogP contribution >= 0.6 is 0 Å². The highest BCUT2D eigenvalue weighted by Gasteiger charge is 2.29. The minimum absolute atomic E-state index is 0.132. The van der Waals surface area contributed by atoms with Gasteiger partial charge in [-0.05, 0) is 5.56 Å². The molecule has 0 spiro atoms. The fourth-order valence-corrected chi connectivity index (χ4v) is 2.35. The third-order valence-corrected chi connectivity index (χ3v) is 2.68. The molecule has 0 bridgehead atoms. The molecule has 0 fully saturated rings. The summed E-state index contributed by atoms with van der Waals surface area (Å²) in [6, 6.07) is 10.4. The average molecular weight is 231 g/mol. The third-order valence-electron chi connectivity index (χ3n) is 2.68. The lowest BCUT2D eigenvalue weighted by Gasteiger charge is -2.32. The van der Waals surface area contributed by atoms with E-state index in [-0.39, 0.29) is 10.8 Å². The van der Waals surface area contributed by atoms with Crippen molar-refractivity contribution in [3.05, 3.63) is 35.9 Å². The summed E-state index contributed by atoms with van der Waals surface area (Å²) in [5.74, 6) is 0. The molecule has 94 valence electrons. The number of rotatable bonds is 2. The monoisotopic (exact) mass is 231 g/mol. The van der Waals surface area contributed by atoms with E-state index >= 15 is 0 Å². The van der Waals surface area contributed by atoms with Crippen LogP contribution in [0, 0.1) is 10.8 Å². The minimum Gasteiger partial charge on any atom is -0.288 e. The zero-order chi connectivity index (χ0) is 13.1. The van der Waals surface area contributed by atoms with Crippen LogP contribution in [0.25, 0.3) is 0 Å². The maximum absolute atomic E-state index is 4.85. The summed E-state index contributed by atoms with van der Waals surface area (Å²) >= 11 is 0. The Balaban J connectivity index is 2.93. The maximum Gasteiger partial charge on any atom is 0.0639 e.